The van der Waals surface area contributed by atoms with Crippen LogP contribution in [0.25, 0.3) is 11.3 Å². The molecule has 0 saturated heterocycles. The van der Waals surface area contributed by atoms with Crippen molar-refractivity contribution in [3.8, 4) is 17.3 Å². The van der Waals surface area contributed by atoms with E-state index in [1.807, 2.05) is 13.8 Å². The summed E-state index contributed by atoms with van der Waals surface area (Å²) in [5.74, 6) is -1.85. The van der Waals surface area contributed by atoms with Crippen LogP contribution >= 0.6 is 0 Å². The summed E-state index contributed by atoms with van der Waals surface area (Å²) < 4.78 is 26.7. The molecule has 0 unspecified atom stereocenters. The fraction of sp³-hybridized carbons (Fsp3) is 0.143. The molecule has 0 aliphatic rings. The van der Waals surface area contributed by atoms with E-state index in [-0.39, 0.29) is 26.6 Å². The summed E-state index contributed by atoms with van der Waals surface area (Å²) >= 11 is 0. The number of nitrogens with zero attached hydrogens (tertiary/aromatic N) is 2. The number of pyridine rings is 1. The number of rotatable bonds is 1. The monoisotopic (exact) mass is 440 g/mol. The SMILES string of the molecule is CC.N#Cc1c(F)c[c-]c(-c2ccccn2)c1F.[Pt]. The summed E-state index contributed by atoms with van der Waals surface area (Å²) in [5, 5.41) is 8.61. The second-order valence-corrected chi connectivity index (χ2v) is 3.03. The molecule has 0 bridgehead atoms. The molecule has 2 aromatic rings. The van der Waals surface area contributed by atoms with E-state index in [1.165, 1.54) is 12.3 Å². The zero-order valence-electron chi connectivity index (χ0n) is 10.4. The van der Waals surface area contributed by atoms with Gasteiger partial charge in [0, 0.05) is 32.8 Å². The van der Waals surface area contributed by atoms with Gasteiger partial charge in [-0.3, -0.25) is 8.78 Å². The summed E-state index contributed by atoms with van der Waals surface area (Å²) in [4.78, 5) is 3.91. The van der Waals surface area contributed by atoms with E-state index >= 15 is 0 Å². The van der Waals surface area contributed by atoms with Crippen molar-refractivity contribution < 1.29 is 29.8 Å². The second kappa shape index (κ2) is 8.50. The van der Waals surface area contributed by atoms with Crippen LogP contribution in [0.2, 0.25) is 0 Å². The number of hydrogen-bond acceptors (Lipinski definition) is 2. The molecule has 1 heterocycles. The summed E-state index contributed by atoms with van der Waals surface area (Å²) in [7, 11) is 0. The Balaban J connectivity index is 0.00000103. The van der Waals surface area contributed by atoms with Crippen molar-refractivity contribution in [1.29, 1.82) is 5.26 Å². The fourth-order valence-corrected chi connectivity index (χ4v) is 1.30. The van der Waals surface area contributed by atoms with Crippen LogP contribution in [0.5, 0.6) is 0 Å². The van der Waals surface area contributed by atoms with Gasteiger partial charge in [-0.1, -0.05) is 31.5 Å². The summed E-state index contributed by atoms with van der Waals surface area (Å²) in [6, 6.07) is 9.76. The van der Waals surface area contributed by atoms with Gasteiger partial charge in [-0.2, -0.15) is 5.26 Å². The Bertz CT molecular complexity index is 566. The van der Waals surface area contributed by atoms with Crippen molar-refractivity contribution in [2.45, 2.75) is 13.8 Å². The van der Waals surface area contributed by atoms with Gasteiger partial charge in [0.15, 0.2) is 0 Å². The largest absolute Gasteiger partial charge is 0.305 e. The second-order valence-electron chi connectivity index (χ2n) is 3.03. The molecule has 0 atom stereocenters. The number of aromatic nitrogens is 1. The van der Waals surface area contributed by atoms with E-state index in [9.17, 15) is 8.78 Å². The standard InChI is InChI=1S/C12H5F2N2.C2H6.Pt/c13-10-5-4-8(12(14)9(10)7-15)11-3-1-2-6-16-11;1-2;/h1-3,5-6H;1-2H3;/q-1;;. The predicted octanol–water partition coefficient (Wildman–Crippen LogP) is 3.72. The van der Waals surface area contributed by atoms with Crippen LogP contribution in [0.4, 0.5) is 8.78 Å². The van der Waals surface area contributed by atoms with E-state index in [2.05, 4.69) is 11.1 Å². The third-order valence-electron chi connectivity index (χ3n) is 2.05. The van der Waals surface area contributed by atoms with Crippen molar-refractivity contribution in [3.05, 3.63) is 53.7 Å². The molecule has 0 fully saturated rings. The quantitative estimate of drug-likeness (QED) is 0.634. The van der Waals surface area contributed by atoms with Crippen LogP contribution in [0.15, 0.2) is 30.5 Å². The van der Waals surface area contributed by atoms with Gasteiger partial charge in [0.05, 0.1) is 17.7 Å². The first-order chi connectivity index (χ1) is 8.74. The Morgan fingerprint density at radius 3 is 2.47 bits per heavy atom. The molecule has 2 rings (SSSR count). The Labute approximate surface area is 125 Å². The normalized spacial score (nSPS) is 8.58. The summed E-state index contributed by atoms with van der Waals surface area (Å²) in [5.41, 5.74) is -0.297. The molecule has 0 saturated carbocycles. The zero-order chi connectivity index (χ0) is 13.5. The van der Waals surface area contributed by atoms with E-state index in [0.29, 0.717) is 5.69 Å². The third kappa shape index (κ3) is 3.94. The van der Waals surface area contributed by atoms with Gasteiger partial charge in [0.25, 0.3) is 0 Å². The maximum atomic E-state index is 13.7. The molecule has 102 valence electrons. The van der Waals surface area contributed by atoms with E-state index in [4.69, 9.17) is 5.26 Å². The van der Waals surface area contributed by atoms with Gasteiger partial charge in [0.2, 0.25) is 0 Å². The average molecular weight is 440 g/mol. The van der Waals surface area contributed by atoms with Crippen LogP contribution in [0.1, 0.15) is 19.4 Å². The summed E-state index contributed by atoms with van der Waals surface area (Å²) in [6.45, 7) is 4.00. The van der Waals surface area contributed by atoms with Gasteiger partial charge in [-0.25, -0.2) is 0 Å². The molecule has 0 aliphatic heterocycles. The van der Waals surface area contributed by atoms with Crippen LogP contribution in [0, 0.1) is 29.0 Å². The van der Waals surface area contributed by atoms with Crippen molar-refractivity contribution in [1.82, 2.24) is 4.98 Å². The Morgan fingerprint density at radius 2 is 1.95 bits per heavy atom. The maximum absolute atomic E-state index is 13.7. The smallest absolute Gasteiger partial charge is 0.0848 e. The summed E-state index contributed by atoms with van der Waals surface area (Å²) in [6.07, 6.45) is 1.48. The molecule has 19 heavy (non-hydrogen) atoms. The van der Waals surface area contributed by atoms with Crippen molar-refractivity contribution >= 4 is 0 Å². The predicted molar refractivity (Wildman–Crippen MR) is 64.5 cm³/mol. The Hall–Kier alpha value is -1.59. The number of hydrogen-bond donors (Lipinski definition) is 0. The first-order valence-corrected chi connectivity index (χ1v) is 5.45. The molecular weight excluding hydrogens is 429 g/mol. The van der Waals surface area contributed by atoms with Gasteiger partial charge < -0.3 is 4.98 Å². The number of halogens is 2. The minimum Gasteiger partial charge on any atom is -0.305 e. The molecular formula is C14H11F2N2Pt-. The Kier molecular flexibility index (Phi) is 7.79. The zero-order valence-corrected chi connectivity index (χ0v) is 12.6. The van der Waals surface area contributed by atoms with Crippen LogP contribution in [-0.4, -0.2) is 4.98 Å². The number of benzene rings is 1. The number of nitriles is 1. The topological polar surface area (TPSA) is 36.7 Å². The van der Waals surface area contributed by atoms with Crippen LogP contribution in [0.3, 0.4) is 0 Å². The molecule has 1 aromatic heterocycles. The van der Waals surface area contributed by atoms with Crippen molar-refractivity contribution in [2.75, 3.05) is 0 Å². The molecule has 0 aliphatic carbocycles. The average Bonchev–Trinajstić information content (AvgIpc) is 2.43. The molecule has 1 aromatic carbocycles. The third-order valence-corrected chi connectivity index (χ3v) is 2.05. The molecule has 5 heteroatoms. The van der Waals surface area contributed by atoms with Gasteiger partial charge in [0.1, 0.15) is 0 Å². The van der Waals surface area contributed by atoms with Crippen molar-refractivity contribution in [2.24, 2.45) is 0 Å². The minimum absolute atomic E-state index is 0. The first-order valence-electron chi connectivity index (χ1n) is 5.45. The van der Waals surface area contributed by atoms with Crippen LogP contribution in [-0.2, 0) is 21.1 Å². The van der Waals surface area contributed by atoms with E-state index in [0.717, 1.165) is 6.07 Å². The van der Waals surface area contributed by atoms with E-state index in [1.54, 1.807) is 18.2 Å². The Morgan fingerprint density at radius 1 is 1.26 bits per heavy atom. The molecule has 0 radical (unpaired) electrons. The van der Waals surface area contributed by atoms with E-state index < -0.39 is 17.2 Å². The van der Waals surface area contributed by atoms with Gasteiger partial charge in [-0.15, -0.1) is 12.1 Å². The fourth-order valence-electron chi connectivity index (χ4n) is 1.30. The minimum atomic E-state index is -0.929. The maximum Gasteiger partial charge on any atom is 0.0848 e. The van der Waals surface area contributed by atoms with Gasteiger partial charge >= 0.3 is 0 Å². The molecule has 0 amide bonds. The first kappa shape index (κ1) is 17.4. The molecule has 0 spiro atoms. The van der Waals surface area contributed by atoms with Crippen LogP contribution < -0.4 is 0 Å². The molecule has 2 nitrogen and oxygen atoms in total. The molecule has 0 N–H and O–H groups in total. The van der Waals surface area contributed by atoms with Crippen molar-refractivity contribution in [3.63, 3.8) is 0 Å². The van der Waals surface area contributed by atoms with Gasteiger partial charge in [-0.05, 0) is 11.8 Å².